The Morgan fingerprint density at radius 2 is 1.85 bits per heavy atom. The van der Waals surface area contributed by atoms with Gasteiger partial charge >= 0.3 is 12.0 Å². The van der Waals surface area contributed by atoms with Crippen molar-refractivity contribution in [2.24, 2.45) is 0 Å². The van der Waals surface area contributed by atoms with Crippen molar-refractivity contribution in [2.45, 2.75) is 19.9 Å². The Morgan fingerprint density at radius 3 is 2.48 bits per heavy atom. The number of amides is 2. The molecule has 0 radical (unpaired) electrons. The second-order valence-corrected chi connectivity index (χ2v) is 8.42. The monoisotopic (exact) mass is 470 g/mol. The summed E-state index contributed by atoms with van der Waals surface area (Å²) in [6.07, 6.45) is 0. The molecule has 33 heavy (non-hydrogen) atoms. The summed E-state index contributed by atoms with van der Waals surface area (Å²) in [5, 5.41) is 14.2. The van der Waals surface area contributed by atoms with Gasteiger partial charge in [-0.25, -0.2) is 9.59 Å². The fourth-order valence-corrected chi connectivity index (χ4v) is 4.14. The van der Waals surface area contributed by atoms with Crippen molar-refractivity contribution in [1.82, 2.24) is 25.7 Å². The van der Waals surface area contributed by atoms with Crippen LogP contribution in [-0.2, 0) is 9.53 Å². The van der Waals surface area contributed by atoms with Crippen LogP contribution in [0.15, 0.2) is 47.7 Å². The molecular weight excluding hydrogens is 444 g/mol. The van der Waals surface area contributed by atoms with Crippen LogP contribution in [0.3, 0.4) is 0 Å². The molecule has 2 aliphatic rings. The number of nitrogens with zero attached hydrogens (tertiary/aromatic N) is 4. The van der Waals surface area contributed by atoms with Gasteiger partial charge in [-0.2, -0.15) is 0 Å². The summed E-state index contributed by atoms with van der Waals surface area (Å²) in [4.78, 5) is 29.8. The Hall–Kier alpha value is -3.17. The van der Waals surface area contributed by atoms with Crippen molar-refractivity contribution in [1.29, 1.82) is 0 Å². The first kappa shape index (κ1) is 23.0. The fourth-order valence-electron chi connectivity index (χ4n) is 4.04. The Labute approximate surface area is 197 Å². The second kappa shape index (κ2) is 10.2. The topological polar surface area (TPSA) is 99.7 Å². The highest BCUT2D eigenvalue weighted by molar-refractivity contribution is 6.29. The molecular formula is C23H27ClN6O3. The number of aromatic nitrogens is 2. The molecule has 174 valence electrons. The minimum atomic E-state index is -0.570. The van der Waals surface area contributed by atoms with Crippen LogP contribution in [0.4, 0.5) is 10.6 Å². The predicted molar refractivity (Wildman–Crippen MR) is 125 cm³/mol. The van der Waals surface area contributed by atoms with Crippen LogP contribution in [0.25, 0.3) is 0 Å². The third kappa shape index (κ3) is 5.43. The predicted octanol–water partition coefficient (Wildman–Crippen LogP) is 2.43. The lowest BCUT2D eigenvalue weighted by atomic mass is 9.94. The van der Waals surface area contributed by atoms with Crippen molar-refractivity contribution < 1.29 is 14.3 Å². The molecule has 1 fully saturated rings. The molecule has 0 saturated carbocycles. The van der Waals surface area contributed by atoms with E-state index in [1.54, 1.807) is 13.0 Å². The molecule has 0 aliphatic carbocycles. The van der Waals surface area contributed by atoms with Gasteiger partial charge in [0.15, 0.2) is 11.0 Å². The van der Waals surface area contributed by atoms with E-state index in [-0.39, 0.29) is 12.6 Å². The number of halogens is 1. The van der Waals surface area contributed by atoms with E-state index in [0.29, 0.717) is 23.0 Å². The minimum absolute atomic E-state index is 0.255. The van der Waals surface area contributed by atoms with Crippen LogP contribution in [0.2, 0.25) is 5.15 Å². The zero-order chi connectivity index (χ0) is 23.4. The number of carbonyl (C=O) groups is 2. The maximum atomic E-state index is 12.9. The molecule has 2 aromatic rings. The lowest BCUT2D eigenvalue weighted by molar-refractivity contribution is -0.139. The van der Waals surface area contributed by atoms with Gasteiger partial charge in [-0.3, -0.25) is 4.90 Å². The molecule has 9 nitrogen and oxygen atoms in total. The molecule has 0 bridgehead atoms. The molecule has 1 saturated heterocycles. The van der Waals surface area contributed by atoms with Gasteiger partial charge < -0.3 is 20.3 Å². The van der Waals surface area contributed by atoms with Crippen molar-refractivity contribution >= 4 is 29.4 Å². The summed E-state index contributed by atoms with van der Waals surface area (Å²) in [6, 6.07) is 10.4. The van der Waals surface area contributed by atoms with E-state index in [4.69, 9.17) is 16.3 Å². The Bertz CT molecular complexity index is 1030. The van der Waals surface area contributed by atoms with Gasteiger partial charge in [0.1, 0.15) is 0 Å². The van der Waals surface area contributed by atoms with Crippen molar-refractivity contribution in [3.8, 4) is 0 Å². The van der Waals surface area contributed by atoms with E-state index < -0.39 is 12.0 Å². The molecule has 1 atom stereocenters. The molecule has 2 N–H and O–H groups in total. The largest absolute Gasteiger partial charge is 0.463 e. The zero-order valence-electron chi connectivity index (χ0n) is 18.7. The van der Waals surface area contributed by atoms with Crippen LogP contribution < -0.4 is 15.5 Å². The number of rotatable bonds is 6. The van der Waals surface area contributed by atoms with Crippen molar-refractivity contribution in [3.05, 3.63) is 63.9 Å². The lowest BCUT2D eigenvalue weighted by Crippen LogP contribution is -2.52. The van der Waals surface area contributed by atoms with Gasteiger partial charge in [0.05, 0.1) is 18.2 Å². The number of benzene rings is 1. The number of carbonyl (C=O) groups excluding carboxylic acids is 2. The highest BCUT2D eigenvalue weighted by atomic mass is 35.5. The highest BCUT2D eigenvalue weighted by Crippen LogP contribution is 2.28. The summed E-state index contributed by atoms with van der Waals surface area (Å²) in [6.45, 7) is 7.41. The smallest absolute Gasteiger partial charge is 0.338 e. The van der Waals surface area contributed by atoms with Gasteiger partial charge in [-0.1, -0.05) is 41.4 Å². The third-order valence-corrected chi connectivity index (χ3v) is 5.96. The van der Waals surface area contributed by atoms with Gasteiger partial charge in [0, 0.05) is 38.4 Å². The van der Waals surface area contributed by atoms with Crippen molar-refractivity contribution in [2.75, 3.05) is 44.2 Å². The highest BCUT2D eigenvalue weighted by Gasteiger charge is 2.34. The van der Waals surface area contributed by atoms with E-state index in [2.05, 4.69) is 30.6 Å². The summed E-state index contributed by atoms with van der Waals surface area (Å²) in [5.74, 6) is 0.348. The maximum Gasteiger partial charge on any atom is 0.338 e. The van der Waals surface area contributed by atoms with E-state index in [0.717, 1.165) is 43.1 Å². The molecule has 4 rings (SSSR count). The van der Waals surface area contributed by atoms with E-state index in [9.17, 15) is 9.59 Å². The number of hydrogen-bond donors (Lipinski definition) is 2. The molecule has 1 aromatic heterocycles. The van der Waals surface area contributed by atoms with Crippen LogP contribution in [0.5, 0.6) is 0 Å². The average Bonchev–Trinajstić information content (AvgIpc) is 2.80. The molecule has 1 aromatic carbocycles. The normalized spacial score (nSPS) is 19.2. The average molecular weight is 471 g/mol. The Kier molecular flexibility index (Phi) is 7.10. The Balaban J connectivity index is 1.54. The summed E-state index contributed by atoms with van der Waals surface area (Å²) in [7, 11) is 0. The van der Waals surface area contributed by atoms with Crippen LogP contribution >= 0.6 is 11.6 Å². The third-order valence-electron chi connectivity index (χ3n) is 5.76. The number of ether oxygens (including phenoxy) is 1. The Morgan fingerprint density at radius 1 is 1.12 bits per heavy atom. The number of hydrogen-bond acceptors (Lipinski definition) is 7. The van der Waals surface area contributed by atoms with E-state index >= 15 is 0 Å². The number of urea groups is 1. The van der Waals surface area contributed by atoms with E-state index in [1.807, 2.05) is 37.3 Å². The summed E-state index contributed by atoms with van der Waals surface area (Å²) in [5.41, 5.74) is 2.94. The molecule has 3 heterocycles. The number of esters is 1. The molecule has 2 aliphatic heterocycles. The fraction of sp³-hybridized carbons (Fsp3) is 0.391. The van der Waals surface area contributed by atoms with Gasteiger partial charge in [-0.15, -0.1) is 10.2 Å². The first-order chi connectivity index (χ1) is 15.9. The first-order valence-corrected chi connectivity index (χ1v) is 11.3. The molecule has 10 heteroatoms. The standard InChI is InChI=1S/C23H27ClN6O3/c1-3-33-22(31)20-17(25-23(32)26-21(20)16-6-4-15(2)5-7-16)14-29-10-12-30(13-11-29)19-9-8-18(24)27-28-19/h4-9,21H,3,10-14H2,1-2H3,(H2,25,26,32)/t21-/m1/s1. The molecule has 0 unspecified atom stereocenters. The van der Waals surface area contributed by atoms with E-state index in [1.165, 1.54) is 0 Å². The quantitative estimate of drug-likeness (QED) is 0.625. The number of piperazine rings is 1. The minimum Gasteiger partial charge on any atom is -0.463 e. The zero-order valence-corrected chi connectivity index (χ0v) is 19.4. The van der Waals surface area contributed by atoms with Crippen molar-refractivity contribution in [3.63, 3.8) is 0 Å². The van der Waals surface area contributed by atoms with Crippen LogP contribution in [0.1, 0.15) is 24.1 Å². The SMILES string of the molecule is CCOC(=O)C1=C(CN2CCN(c3ccc(Cl)nn3)CC2)NC(=O)N[C@@H]1c1ccc(C)cc1. The number of nitrogens with one attached hydrogen (secondary N) is 2. The number of anilines is 1. The molecule has 2 amide bonds. The van der Waals surface area contributed by atoms with Crippen LogP contribution in [0, 0.1) is 6.92 Å². The lowest BCUT2D eigenvalue weighted by Gasteiger charge is -2.37. The second-order valence-electron chi connectivity index (χ2n) is 8.03. The number of aryl methyl sites for hydroxylation is 1. The maximum absolute atomic E-state index is 12.9. The first-order valence-electron chi connectivity index (χ1n) is 11.0. The van der Waals surface area contributed by atoms with Crippen LogP contribution in [-0.4, -0.2) is 66.4 Å². The molecule has 0 spiro atoms. The summed E-state index contributed by atoms with van der Waals surface area (Å²) < 4.78 is 5.36. The van der Waals surface area contributed by atoms with Gasteiger partial charge in [0.25, 0.3) is 0 Å². The van der Waals surface area contributed by atoms with Gasteiger partial charge in [-0.05, 0) is 31.5 Å². The van der Waals surface area contributed by atoms with Gasteiger partial charge in [0.2, 0.25) is 0 Å². The summed E-state index contributed by atoms with van der Waals surface area (Å²) >= 11 is 5.84.